The summed E-state index contributed by atoms with van der Waals surface area (Å²) in [6.45, 7) is 2.22. The van der Waals surface area contributed by atoms with Crippen molar-refractivity contribution < 1.29 is 19.1 Å². The monoisotopic (exact) mass is 386 g/mol. The molecule has 0 N–H and O–H groups in total. The van der Waals surface area contributed by atoms with Crippen LogP contribution in [0.3, 0.4) is 0 Å². The highest BCUT2D eigenvalue weighted by atomic mass is 16.5. The van der Waals surface area contributed by atoms with Crippen LogP contribution in [0.25, 0.3) is 0 Å². The minimum Gasteiger partial charge on any atom is -0.375 e. The van der Waals surface area contributed by atoms with Crippen LogP contribution in [-0.2, 0) is 14.3 Å². The van der Waals surface area contributed by atoms with Gasteiger partial charge in [-0.25, -0.2) is 0 Å². The Labute approximate surface area is 166 Å². The molecule has 2 saturated heterocycles. The first-order valence-electron chi connectivity index (χ1n) is 10.4. The fourth-order valence-corrected chi connectivity index (χ4v) is 4.68. The summed E-state index contributed by atoms with van der Waals surface area (Å²) in [7, 11) is 1.55. The van der Waals surface area contributed by atoms with Gasteiger partial charge in [0.15, 0.2) is 0 Å². The molecule has 0 bridgehead atoms. The van der Waals surface area contributed by atoms with Crippen molar-refractivity contribution in [3.05, 3.63) is 35.9 Å². The molecule has 1 aromatic carbocycles. The van der Waals surface area contributed by atoms with Gasteiger partial charge in [-0.15, -0.1) is 0 Å². The van der Waals surface area contributed by atoms with Gasteiger partial charge in [0.1, 0.15) is 6.61 Å². The maximum absolute atomic E-state index is 13.2. The maximum Gasteiger partial charge on any atom is 0.254 e. The zero-order valence-electron chi connectivity index (χ0n) is 16.6. The van der Waals surface area contributed by atoms with Crippen LogP contribution < -0.4 is 0 Å². The van der Waals surface area contributed by atoms with E-state index in [1.165, 1.54) is 0 Å². The van der Waals surface area contributed by atoms with Crippen LogP contribution in [0.4, 0.5) is 0 Å². The number of benzene rings is 1. The molecule has 28 heavy (non-hydrogen) atoms. The topological polar surface area (TPSA) is 59.1 Å². The number of hydrogen-bond donors (Lipinski definition) is 0. The Bertz CT molecular complexity index is 696. The number of carbonyl (C=O) groups is 2. The quantitative estimate of drug-likeness (QED) is 0.780. The van der Waals surface area contributed by atoms with Crippen LogP contribution in [0.5, 0.6) is 0 Å². The lowest BCUT2D eigenvalue weighted by atomic mass is 9.81. The van der Waals surface area contributed by atoms with Crippen LogP contribution in [0.1, 0.15) is 48.9 Å². The van der Waals surface area contributed by atoms with Gasteiger partial charge < -0.3 is 19.3 Å². The Morgan fingerprint density at radius 3 is 2.50 bits per heavy atom. The van der Waals surface area contributed by atoms with Gasteiger partial charge >= 0.3 is 0 Å². The Hall–Kier alpha value is -1.92. The summed E-state index contributed by atoms with van der Waals surface area (Å²) in [6.07, 6.45) is 5.62. The number of carbonyl (C=O) groups excluding carboxylic acids is 2. The van der Waals surface area contributed by atoms with E-state index >= 15 is 0 Å². The Balaban J connectivity index is 1.44. The Morgan fingerprint density at radius 2 is 1.86 bits per heavy atom. The second-order valence-corrected chi connectivity index (χ2v) is 8.30. The molecule has 1 atom stereocenters. The predicted molar refractivity (Wildman–Crippen MR) is 105 cm³/mol. The molecular weight excluding hydrogens is 356 g/mol. The normalized spacial score (nSPS) is 24.2. The molecule has 0 aromatic heterocycles. The summed E-state index contributed by atoms with van der Waals surface area (Å²) >= 11 is 0. The second-order valence-electron chi connectivity index (χ2n) is 8.30. The number of amides is 2. The van der Waals surface area contributed by atoms with Crippen molar-refractivity contribution in [2.24, 2.45) is 0 Å². The van der Waals surface area contributed by atoms with Crippen molar-refractivity contribution in [3.63, 3.8) is 0 Å². The number of hydrogen-bond acceptors (Lipinski definition) is 4. The summed E-state index contributed by atoms with van der Waals surface area (Å²) in [4.78, 5) is 29.3. The molecular formula is C22H30N2O4. The van der Waals surface area contributed by atoms with E-state index in [4.69, 9.17) is 9.47 Å². The highest BCUT2D eigenvalue weighted by molar-refractivity contribution is 5.94. The zero-order chi connectivity index (χ0) is 19.6. The lowest BCUT2D eigenvalue weighted by Gasteiger charge is -2.48. The molecule has 1 aliphatic carbocycles. The molecule has 1 unspecified atom stereocenters. The molecule has 3 fully saturated rings. The number of methoxy groups -OCH3 is 1. The second kappa shape index (κ2) is 8.21. The van der Waals surface area contributed by atoms with Gasteiger partial charge in [-0.1, -0.05) is 18.2 Å². The first-order valence-corrected chi connectivity index (χ1v) is 10.4. The Kier molecular flexibility index (Phi) is 5.69. The first-order chi connectivity index (χ1) is 13.6. The van der Waals surface area contributed by atoms with E-state index in [9.17, 15) is 9.59 Å². The van der Waals surface area contributed by atoms with Crippen molar-refractivity contribution >= 4 is 11.8 Å². The number of ether oxygens (including phenoxy) is 2. The SMILES string of the molecule is COCC(=O)N1CCC2(CC1)CC(N(C(=O)c1ccccc1)C1CC1)CCO2. The van der Waals surface area contributed by atoms with Gasteiger partial charge in [-0.2, -0.15) is 0 Å². The fraction of sp³-hybridized carbons (Fsp3) is 0.636. The van der Waals surface area contributed by atoms with Crippen molar-refractivity contribution in [1.82, 2.24) is 9.80 Å². The van der Waals surface area contributed by atoms with Gasteiger partial charge in [-0.05, 0) is 50.7 Å². The molecule has 2 aliphatic heterocycles. The molecule has 2 heterocycles. The van der Waals surface area contributed by atoms with Crippen LogP contribution in [0.15, 0.2) is 30.3 Å². The van der Waals surface area contributed by atoms with Crippen molar-refractivity contribution in [1.29, 1.82) is 0 Å². The smallest absolute Gasteiger partial charge is 0.254 e. The zero-order valence-corrected chi connectivity index (χ0v) is 16.6. The highest BCUT2D eigenvalue weighted by Crippen LogP contribution is 2.40. The summed E-state index contributed by atoms with van der Waals surface area (Å²) < 4.78 is 11.2. The van der Waals surface area contributed by atoms with E-state index in [0.29, 0.717) is 25.7 Å². The molecule has 1 spiro atoms. The molecule has 152 valence electrons. The van der Waals surface area contributed by atoms with Gasteiger partial charge in [0.25, 0.3) is 5.91 Å². The lowest BCUT2D eigenvalue weighted by Crippen LogP contribution is -2.56. The van der Waals surface area contributed by atoms with E-state index in [-0.39, 0.29) is 30.1 Å². The number of piperidine rings is 1. The van der Waals surface area contributed by atoms with Crippen LogP contribution in [0, 0.1) is 0 Å². The van der Waals surface area contributed by atoms with Gasteiger partial charge in [-0.3, -0.25) is 9.59 Å². The molecule has 0 radical (unpaired) electrons. The highest BCUT2D eigenvalue weighted by Gasteiger charge is 2.46. The van der Waals surface area contributed by atoms with Crippen LogP contribution in [0.2, 0.25) is 0 Å². The molecule has 4 rings (SSSR count). The maximum atomic E-state index is 13.2. The first kappa shape index (κ1) is 19.4. The summed E-state index contributed by atoms with van der Waals surface area (Å²) in [5, 5.41) is 0. The predicted octanol–water partition coefficient (Wildman–Crippen LogP) is 2.48. The third-order valence-corrected chi connectivity index (χ3v) is 6.35. The fourth-order valence-electron chi connectivity index (χ4n) is 4.68. The minimum absolute atomic E-state index is 0.0450. The summed E-state index contributed by atoms with van der Waals surface area (Å²) in [6, 6.07) is 10.2. The molecule has 6 nitrogen and oxygen atoms in total. The van der Waals surface area contributed by atoms with Crippen LogP contribution >= 0.6 is 0 Å². The number of rotatable bonds is 5. The summed E-state index contributed by atoms with van der Waals surface area (Å²) in [5.41, 5.74) is 0.562. The van der Waals surface area contributed by atoms with Crippen molar-refractivity contribution in [3.8, 4) is 0 Å². The largest absolute Gasteiger partial charge is 0.375 e. The minimum atomic E-state index is -0.211. The molecule has 1 aromatic rings. The third kappa shape index (κ3) is 4.08. The van der Waals surface area contributed by atoms with Gasteiger partial charge in [0.05, 0.1) is 5.60 Å². The standard InChI is InChI=1S/C22H30N2O4/c1-27-16-20(25)23-12-10-22(11-13-23)15-19(9-14-28-22)24(18-7-8-18)21(26)17-5-3-2-4-6-17/h2-6,18-19H,7-16H2,1H3. The van der Waals surface area contributed by atoms with E-state index in [1.807, 2.05) is 35.2 Å². The molecule has 3 aliphatic rings. The van der Waals surface area contributed by atoms with Crippen LogP contribution in [-0.4, -0.2) is 72.7 Å². The third-order valence-electron chi connectivity index (χ3n) is 6.35. The van der Waals surface area contributed by atoms with Gasteiger partial charge in [0.2, 0.25) is 5.91 Å². The van der Waals surface area contributed by atoms with Gasteiger partial charge in [0, 0.05) is 44.5 Å². The van der Waals surface area contributed by atoms with E-state index in [0.717, 1.165) is 44.1 Å². The van der Waals surface area contributed by atoms with E-state index < -0.39 is 0 Å². The Morgan fingerprint density at radius 1 is 1.14 bits per heavy atom. The average molecular weight is 386 g/mol. The van der Waals surface area contributed by atoms with Crippen molar-refractivity contribution in [2.45, 2.75) is 56.2 Å². The molecule has 6 heteroatoms. The van der Waals surface area contributed by atoms with Crippen molar-refractivity contribution in [2.75, 3.05) is 33.4 Å². The average Bonchev–Trinajstić information content (AvgIpc) is 3.55. The molecule has 1 saturated carbocycles. The number of nitrogens with zero attached hydrogens (tertiary/aromatic N) is 2. The van der Waals surface area contributed by atoms with E-state index in [1.54, 1.807) is 7.11 Å². The summed E-state index contributed by atoms with van der Waals surface area (Å²) in [5.74, 6) is 0.196. The number of likely N-dealkylation sites (tertiary alicyclic amines) is 1. The molecule has 2 amide bonds. The van der Waals surface area contributed by atoms with E-state index in [2.05, 4.69) is 4.90 Å². The lowest BCUT2D eigenvalue weighted by molar-refractivity contribution is -0.150.